The number of piperidine rings is 1. The molecule has 0 saturated carbocycles. The van der Waals surface area contributed by atoms with Crippen molar-refractivity contribution in [1.29, 1.82) is 0 Å². The number of fused-ring (bicyclic) bond motifs is 1. The van der Waals surface area contributed by atoms with Crippen LogP contribution in [-0.2, 0) is 6.54 Å². The summed E-state index contributed by atoms with van der Waals surface area (Å²) >= 11 is 0. The van der Waals surface area contributed by atoms with E-state index in [2.05, 4.69) is 20.2 Å². The average Bonchev–Trinajstić information content (AvgIpc) is 2.86. The Balaban J connectivity index is 1.16. The van der Waals surface area contributed by atoms with Crippen LogP contribution in [0.1, 0.15) is 34.6 Å². The Morgan fingerprint density at radius 2 is 1.79 bits per heavy atom. The Hall–Kier alpha value is -3.71. The van der Waals surface area contributed by atoms with Gasteiger partial charge in [0.2, 0.25) is 0 Å². The van der Waals surface area contributed by atoms with Gasteiger partial charge in [-0.25, -0.2) is 14.4 Å². The summed E-state index contributed by atoms with van der Waals surface area (Å²) < 4.78 is 13.5. The van der Waals surface area contributed by atoms with Gasteiger partial charge in [-0.1, -0.05) is 24.3 Å². The predicted octanol–water partition coefficient (Wildman–Crippen LogP) is 4.53. The number of amides is 1. The van der Waals surface area contributed by atoms with Gasteiger partial charge in [0.1, 0.15) is 5.82 Å². The van der Waals surface area contributed by atoms with Gasteiger partial charge < -0.3 is 5.32 Å². The van der Waals surface area contributed by atoms with E-state index in [9.17, 15) is 9.18 Å². The van der Waals surface area contributed by atoms with Crippen molar-refractivity contribution in [1.82, 2.24) is 25.2 Å². The number of carbonyl (C=O) groups excluding carboxylic acids is 1. The molecular weight excluding hydrogens is 429 g/mol. The third kappa shape index (κ3) is 4.94. The topological polar surface area (TPSA) is 71.0 Å². The lowest BCUT2D eigenvalue weighted by Crippen LogP contribution is -2.44. The number of hydrogen-bond acceptors (Lipinski definition) is 5. The fraction of sp³-hybridized carbons (Fsp3) is 0.259. The number of nitrogens with one attached hydrogen (secondary N) is 1. The van der Waals surface area contributed by atoms with Gasteiger partial charge in [-0.2, -0.15) is 0 Å². The molecule has 2 aromatic heterocycles. The normalized spacial score (nSPS) is 14.9. The van der Waals surface area contributed by atoms with Crippen LogP contribution in [0, 0.1) is 12.7 Å². The second-order valence-electron chi connectivity index (χ2n) is 8.71. The molecule has 0 spiro atoms. The molecule has 7 heteroatoms. The summed E-state index contributed by atoms with van der Waals surface area (Å²) in [5.41, 5.74) is 5.63. The summed E-state index contributed by atoms with van der Waals surface area (Å²) in [6, 6.07) is 17.8. The van der Waals surface area contributed by atoms with Crippen LogP contribution >= 0.6 is 0 Å². The van der Waals surface area contributed by atoms with Crippen molar-refractivity contribution in [3.63, 3.8) is 0 Å². The molecule has 4 aromatic rings. The molecule has 1 aliphatic rings. The highest BCUT2D eigenvalue weighted by Crippen LogP contribution is 2.19. The van der Waals surface area contributed by atoms with Crippen LogP contribution in [0.25, 0.3) is 22.3 Å². The maximum atomic E-state index is 13.5. The number of aromatic nitrogens is 3. The summed E-state index contributed by atoms with van der Waals surface area (Å²) in [5, 5.41) is 3.13. The molecular formula is C27H26FN5O. The van der Waals surface area contributed by atoms with E-state index >= 15 is 0 Å². The van der Waals surface area contributed by atoms with E-state index < -0.39 is 0 Å². The highest BCUT2D eigenvalue weighted by molar-refractivity contribution is 5.94. The van der Waals surface area contributed by atoms with Crippen LogP contribution in [0.2, 0.25) is 0 Å². The molecule has 3 heterocycles. The Morgan fingerprint density at radius 3 is 2.50 bits per heavy atom. The number of hydrogen-bond donors (Lipinski definition) is 1. The number of pyridine rings is 1. The van der Waals surface area contributed by atoms with Crippen LogP contribution < -0.4 is 5.32 Å². The van der Waals surface area contributed by atoms with Crippen LogP contribution in [0.3, 0.4) is 0 Å². The van der Waals surface area contributed by atoms with Crippen molar-refractivity contribution >= 4 is 16.9 Å². The quantitative estimate of drug-likeness (QED) is 0.479. The van der Waals surface area contributed by atoms with Crippen molar-refractivity contribution in [2.75, 3.05) is 13.1 Å². The second-order valence-corrected chi connectivity index (χ2v) is 8.71. The minimum atomic E-state index is -0.310. The van der Waals surface area contributed by atoms with Crippen molar-refractivity contribution in [3.8, 4) is 11.3 Å². The van der Waals surface area contributed by atoms with Gasteiger partial charge in [0.15, 0.2) is 0 Å². The number of para-hydroxylation sites is 2. The van der Waals surface area contributed by atoms with Crippen LogP contribution in [-0.4, -0.2) is 44.9 Å². The number of carbonyl (C=O) groups is 1. The van der Waals surface area contributed by atoms with E-state index in [1.54, 1.807) is 30.5 Å². The summed E-state index contributed by atoms with van der Waals surface area (Å²) in [5.74, 6) is -0.441. The number of aryl methyl sites for hydroxylation is 1. The minimum absolute atomic E-state index is 0.121. The standard InChI is InChI=1S/C27H26FN5O/c1-18-26(32-25-8-3-2-7-24(25)30-18)17-33-13-11-22(12-14-33)31-27(34)20-9-10-23(29-16-20)19-5-4-6-21(28)15-19/h2-10,15-16,22H,11-14,17H2,1H3,(H,31,34). The Bertz CT molecular complexity index is 1320. The SMILES string of the molecule is Cc1nc2ccccc2nc1CN1CCC(NC(=O)c2ccc(-c3cccc(F)c3)nc2)CC1. The molecule has 0 bridgehead atoms. The lowest BCUT2D eigenvalue weighted by molar-refractivity contribution is 0.0908. The van der Waals surface area contributed by atoms with E-state index in [1.165, 1.54) is 12.1 Å². The first-order valence-corrected chi connectivity index (χ1v) is 11.5. The lowest BCUT2D eigenvalue weighted by atomic mass is 10.0. The van der Waals surface area contributed by atoms with Crippen molar-refractivity contribution in [2.45, 2.75) is 32.4 Å². The highest BCUT2D eigenvalue weighted by Gasteiger charge is 2.22. The Kier molecular flexibility index (Phi) is 6.27. The zero-order chi connectivity index (χ0) is 23.5. The van der Waals surface area contributed by atoms with Gasteiger partial charge in [0.25, 0.3) is 5.91 Å². The third-order valence-electron chi connectivity index (χ3n) is 6.29. The first-order valence-electron chi connectivity index (χ1n) is 11.5. The number of nitrogens with zero attached hydrogens (tertiary/aromatic N) is 4. The summed E-state index contributed by atoms with van der Waals surface area (Å²) in [6.45, 7) is 4.54. The monoisotopic (exact) mass is 455 g/mol. The zero-order valence-electron chi connectivity index (χ0n) is 19.0. The molecule has 1 fully saturated rings. The molecule has 6 nitrogen and oxygen atoms in total. The van der Waals surface area contributed by atoms with Crippen molar-refractivity contribution in [3.05, 3.63) is 89.6 Å². The zero-order valence-corrected chi connectivity index (χ0v) is 19.0. The third-order valence-corrected chi connectivity index (χ3v) is 6.29. The highest BCUT2D eigenvalue weighted by atomic mass is 19.1. The molecule has 2 aromatic carbocycles. The van der Waals surface area contributed by atoms with E-state index in [1.807, 2.05) is 31.2 Å². The largest absolute Gasteiger partial charge is 0.349 e. The van der Waals surface area contributed by atoms with Gasteiger partial charge in [0.05, 0.1) is 33.7 Å². The average molecular weight is 456 g/mol. The summed E-state index contributed by atoms with van der Waals surface area (Å²) in [7, 11) is 0. The first-order chi connectivity index (χ1) is 16.5. The number of rotatable bonds is 5. The molecule has 172 valence electrons. The van der Waals surface area contributed by atoms with Gasteiger partial charge in [0, 0.05) is 37.4 Å². The van der Waals surface area contributed by atoms with Gasteiger partial charge in [-0.05, 0) is 56.2 Å². The smallest absolute Gasteiger partial charge is 0.253 e. The molecule has 1 saturated heterocycles. The molecule has 1 amide bonds. The maximum Gasteiger partial charge on any atom is 0.253 e. The van der Waals surface area contributed by atoms with Crippen LogP contribution in [0.4, 0.5) is 4.39 Å². The maximum absolute atomic E-state index is 13.5. The molecule has 0 unspecified atom stereocenters. The second kappa shape index (κ2) is 9.65. The lowest BCUT2D eigenvalue weighted by Gasteiger charge is -2.32. The fourth-order valence-corrected chi connectivity index (χ4v) is 4.34. The summed E-state index contributed by atoms with van der Waals surface area (Å²) in [6.07, 6.45) is 3.30. The van der Waals surface area contributed by atoms with E-state index in [0.717, 1.165) is 54.9 Å². The molecule has 34 heavy (non-hydrogen) atoms. The van der Waals surface area contributed by atoms with Crippen LogP contribution in [0.5, 0.6) is 0 Å². The van der Waals surface area contributed by atoms with Gasteiger partial charge in [-0.3, -0.25) is 14.7 Å². The molecule has 0 atom stereocenters. The van der Waals surface area contributed by atoms with Crippen molar-refractivity contribution < 1.29 is 9.18 Å². The molecule has 5 rings (SSSR count). The fourth-order valence-electron chi connectivity index (χ4n) is 4.34. The van der Waals surface area contributed by atoms with E-state index in [0.29, 0.717) is 16.8 Å². The number of likely N-dealkylation sites (tertiary alicyclic amines) is 1. The van der Waals surface area contributed by atoms with Gasteiger partial charge in [-0.15, -0.1) is 0 Å². The van der Waals surface area contributed by atoms with E-state index in [4.69, 9.17) is 4.98 Å². The molecule has 1 aliphatic heterocycles. The Labute approximate surface area is 197 Å². The number of halogens is 1. The number of benzene rings is 2. The molecule has 0 aliphatic carbocycles. The van der Waals surface area contributed by atoms with Gasteiger partial charge >= 0.3 is 0 Å². The molecule has 1 N–H and O–H groups in total. The predicted molar refractivity (Wildman–Crippen MR) is 130 cm³/mol. The Morgan fingerprint density at radius 1 is 1.03 bits per heavy atom. The summed E-state index contributed by atoms with van der Waals surface area (Å²) in [4.78, 5) is 28.9. The van der Waals surface area contributed by atoms with Crippen LogP contribution in [0.15, 0.2) is 66.9 Å². The minimum Gasteiger partial charge on any atom is -0.349 e. The molecule has 0 radical (unpaired) electrons. The van der Waals surface area contributed by atoms with E-state index in [-0.39, 0.29) is 17.8 Å². The van der Waals surface area contributed by atoms with Crippen molar-refractivity contribution in [2.24, 2.45) is 0 Å². The first kappa shape index (κ1) is 22.1.